The molecule has 0 spiro atoms. The van der Waals surface area contributed by atoms with Crippen molar-refractivity contribution < 1.29 is 8.42 Å². The highest BCUT2D eigenvalue weighted by molar-refractivity contribution is 7.89. The minimum Gasteiger partial charge on any atom is -0.385 e. The van der Waals surface area contributed by atoms with Gasteiger partial charge < -0.3 is 5.32 Å². The SMILES string of the molecule is CCNc1ccc(S(=O)(=O)N(C)Cc2ccccc2)cc1. The number of sulfonamides is 1. The third-order valence-corrected chi connectivity index (χ3v) is 5.01. The van der Waals surface area contributed by atoms with Crippen LogP contribution in [0.2, 0.25) is 0 Å². The number of hydrogen-bond donors (Lipinski definition) is 1. The molecule has 5 heteroatoms. The Morgan fingerprint density at radius 1 is 1.00 bits per heavy atom. The predicted molar refractivity (Wildman–Crippen MR) is 85.7 cm³/mol. The van der Waals surface area contributed by atoms with Crippen LogP contribution in [0.3, 0.4) is 0 Å². The quantitative estimate of drug-likeness (QED) is 0.892. The monoisotopic (exact) mass is 304 g/mol. The highest BCUT2D eigenvalue weighted by Crippen LogP contribution is 2.19. The van der Waals surface area contributed by atoms with Crippen molar-refractivity contribution in [2.45, 2.75) is 18.4 Å². The van der Waals surface area contributed by atoms with Crippen LogP contribution in [0.25, 0.3) is 0 Å². The zero-order chi connectivity index (χ0) is 15.3. The van der Waals surface area contributed by atoms with Crippen molar-refractivity contribution in [3.63, 3.8) is 0 Å². The summed E-state index contributed by atoms with van der Waals surface area (Å²) in [5, 5.41) is 3.15. The number of rotatable bonds is 6. The lowest BCUT2D eigenvalue weighted by Gasteiger charge is -2.17. The Labute approximate surface area is 126 Å². The lowest BCUT2D eigenvalue weighted by Crippen LogP contribution is -2.26. The number of nitrogens with one attached hydrogen (secondary N) is 1. The van der Waals surface area contributed by atoms with E-state index in [0.717, 1.165) is 17.8 Å². The Morgan fingerprint density at radius 3 is 2.19 bits per heavy atom. The summed E-state index contributed by atoms with van der Waals surface area (Å²) in [6, 6.07) is 16.4. The maximum absolute atomic E-state index is 12.5. The minimum atomic E-state index is -3.46. The van der Waals surface area contributed by atoms with Gasteiger partial charge in [-0.2, -0.15) is 4.31 Å². The number of benzene rings is 2. The van der Waals surface area contributed by atoms with E-state index in [-0.39, 0.29) is 0 Å². The molecule has 0 aliphatic heterocycles. The molecule has 0 aliphatic rings. The first kappa shape index (κ1) is 15.5. The van der Waals surface area contributed by atoms with E-state index in [1.165, 1.54) is 4.31 Å². The smallest absolute Gasteiger partial charge is 0.243 e. The standard InChI is InChI=1S/C16H20N2O2S/c1-3-17-15-9-11-16(12-10-15)21(19,20)18(2)13-14-7-5-4-6-8-14/h4-12,17H,3,13H2,1-2H3. The lowest BCUT2D eigenvalue weighted by atomic mass is 10.2. The van der Waals surface area contributed by atoms with E-state index in [1.807, 2.05) is 37.3 Å². The maximum atomic E-state index is 12.5. The molecule has 2 aromatic rings. The molecular weight excluding hydrogens is 284 g/mol. The van der Waals surface area contributed by atoms with Crippen molar-refractivity contribution in [3.05, 3.63) is 60.2 Å². The van der Waals surface area contributed by atoms with Crippen LogP contribution in [-0.4, -0.2) is 26.3 Å². The average molecular weight is 304 g/mol. The van der Waals surface area contributed by atoms with Crippen molar-refractivity contribution in [1.82, 2.24) is 4.31 Å². The van der Waals surface area contributed by atoms with Crippen molar-refractivity contribution >= 4 is 15.7 Å². The third kappa shape index (κ3) is 3.83. The van der Waals surface area contributed by atoms with Gasteiger partial charge in [0, 0.05) is 25.8 Å². The van der Waals surface area contributed by atoms with Gasteiger partial charge in [-0.15, -0.1) is 0 Å². The average Bonchev–Trinajstić information content (AvgIpc) is 2.49. The molecule has 0 aliphatic carbocycles. The summed E-state index contributed by atoms with van der Waals surface area (Å²) in [7, 11) is -1.87. The fourth-order valence-electron chi connectivity index (χ4n) is 2.05. The van der Waals surface area contributed by atoms with E-state index in [0.29, 0.717) is 11.4 Å². The summed E-state index contributed by atoms with van der Waals surface area (Å²) in [6.45, 7) is 3.16. The molecule has 0 aromatic heterocycles. The normalized spacial score (nSPS) is 11.6. The lowest BCUT2D eigenvalue weighted by molar-refractivity contribution is 0.467. The van der Waals surface area contributed by atoms with Crippen LogP contribution >= 0.6 is 0 Å². The van der Waals surface area contributed by atoms with Gasteiger partial charge in [0.15, 0.2) is 0 Å². The van der Waals surface area contributed by atoms with E-state index in [4.69, 9.17) is 0 Å². The second-order valence-corrected chi connectivity index (χ2v) is 6.85. The first-order valence-corrected chi connectivity index (χ1v) is 8.32. The molecule has 0 unspecified atom stereocenters. The zero-order valence-corrected chi connectivity index (χ0v) is 13.1. The van der Waals surface area contributed by atoms with E-state index in [9.17, 15) is 8.42 Å². The molecule has 0 fully saturated rings. The molecule has 2 aromatic carbocycles. The van der Waals surface area contributed by atoms with Gasteiger partial charge in [0.25, 0.3) is 0 Å². The summed E-state index contributed by atoms with van der Waals surface area (Å²) in [4.78, 5) is 0.308. The van der Waals surface area contributed by atoms with Crippen molar-refractivity contribution in [2.24, 2.45) is 0 Å². The molecule has 0 amide bonds. The summed E-state index contributed by atoms with van der Waals surface area (Å²) < 4.78 is 26.4. The van der Waals surface area contributed by atoms with Gasteiger partial charge >= 0.3 is 0 Å². The molecule has 0 saturated heterocycles. The summed E-state index contributed by atoms with van der Waals surface area (Å²) >= 11 is 0. The van der Waals surface area contributed by atoms with Crippen LogP contribution in [0, 0.1) is 0 Å². The van der Waals surface area contributed by atoms with Gasteiger partial charge in [0.2, 0.25) is 10.0 Å². The van der Waals surface area contributed by atoms with Gasteiger partial charge in [0.1, 0.15) is 0 Å². The first-order chi connectivity index (χ1) is 10.0. The van der Waals surface area contributed by atoms with E-state index < -0.39 is 10.0 Å². The molecule has 0 saturated carbocycles. The van der Waals surface area contributed by atoms with Crippen molar-refractivity contribution in [3.8, 4) is 0 Å². The summed E-state index contributed by atoms with van der Waals surface area (Å²) in [5.41, 5.74) is 1.88. The van der Waals surface area contributed by atoms with Crippen LogP contribution in [0.15, 0.2) is 59.5 Å². The van der Waals surface area contributed by atoms with E-state index >= 15 is 0 Å². The Kier molecular flexibility index (Phi) is 4.98. The highest BCUT2D eigenvalue weighted by Gasteiger charge is 2.20. The molecule has 21 heavy (non-hydrogen) atoms. The van der Waals surface area contributed by atoms with Gasteiger partial charge in [-0.3, -0.25) is 0 Å². The van der Waals surface area contributed by atoms with Gasteiger partial charge in [-0.05, 0) is 36.8 Å². The molecule has 0 bridgehead atoms. The Morgan fingerprint density at radius 2 is 1.62 bits per heavy atom. The number of nitrogens with zero attached hydrogens (tertiary/aromatic N) is 1. The summed E-state index contributed by atoms with van der Waals surface area (Å²) in [5.74, 6) is 0. The minimum absolute atomic E-state index is 0.308. The second kappa shape index (κ2) is 6.74. The molecule has 0 radical (unpaired) electrons. The molecule has 2 rings (SSSR count). The second-order valence-electron chi connectivity index (χ2n) is 4.80. The number of anilines is 1. The van der Waals surface area contributed by atoms with E-state index in [1.54, 1.807) is 31.3 Å². The largest absolute Gasteiger partial charge is 0.385 e. The van der Waals surface area contributed by atoms with Crippen LogP contribution in [0.4, 0.5) is 5.69 Å². The molecule has 0 heterocycles. The summed E-state index contributed by atoms with van der Waals surface area (Å²) in [6.07, 6.45) is 0. The Bertz CT molecular complexity index is 667. The van der Waals surface area contributed by atoms with Crippen LogP contribution < -0.4 is 5.32 Å². The van der Waals surface area contributed by atoms with Gasteiger partial charge in [0.05, 0.1) is 4.90 Å². The van der Waals surface area contributed by atoms with Gasteiger partial charge in [-0.1, -0.05) is 30.3 Å². The predicted octanol–water partition coefficient (Wildman–Crippen LogP) is 2.94. The number of hydrogen-bond acceptors (Lipinski definition) is 3. The topological polar surface area (TPSA) is 49.4 Å². The van der Waals surface area contributed by atoms with Crippen molar-refractivity contribution in [2.75, 3.05) is 18.9 Å². The van der Waals surface area contributed by atoms with Crippen LogP contribution in [-0.2, 0) is 16.6 Å². The molecule has 0 atom stereocenters. The third-order valence-electron chi connectivity index (χ3n) is 3.19. The fraction of sp³-hybridized carbons (Fsp3) is 0.250. The first-order valence-electron chi connectivity index (χ1n) is 6.88. The van der Waals surface area contributed by atoms with Crippen LogP contribution in [0.5, 0.6) is 0 Å². The molecule has 112 valence electrons. The maximum Gasteiger partial charge on any atom is 0.243 e. The van der Waals surface area contributed by atoms with Crippen LogP contribution in [0.1, 0.15) is 12.5 Å². The zero-order valence-electron chi connectivity index (χ0n) is 12.3. The Hall–Kier alpha value is -1.85. The molecular formula is C16H20N2O2S. The van der Waals surface area contributed by atoms with Gasteiger partial charge in [-0.25, -0.2) is 8.42 Å². The fourth-order valence-corrected chi connectivity index (χ4v) is 3.21. The van der Waals surface area contributed by atoms with Crippen molar-refractivity contribution in [1.29, 1.82) is 0 Å². The highest BCUT2D eigenvalue weighted by atomic mass is 32.2. The van der Waals surface area contributed by atoms with E-state index in [2.05, 4.69) is 5.32 Å². The Balaban J connectivity index is 2.16. The molecule has 1 N–H and O–H groups in total. The molecule has 4 nitrogen and oxygen atoms in total.